The number of rotatable bonds is 6. The summed E-state index contributed by atoms with van der Waals surface area (Å²) < 4.78 is 27.7. The third-order valence-corrected chi connectivity index (χ3v) is 6.14. The molecular formula is C20H25N5O2S. The summed E-state index contributed by atoms with van der Waals surface area (Å²) in [7, 11) is -3.75. The highest BCUT2D eigenvalue weighted by molar-refractivity contribution is 7.92. The Hall–Kier alpha value is -2.87. The lowest BCUT2D eigenvalue weighted by Crippen LogP contribution is -2.15. The Morgan fingerprint density at radius 2 is 1.82 bits per heavy atom. The van der Waals surface area contributed by atoms with E-state index >= 15 is 0 Å². The van der Waals surface area contributed by atoms with E-state index < -0.39 is 10.0 Å². The monoisotopic (exact) mass is 399 g/mol. The first-order chi connectivity index (χ1) is 13.2. The van der Waals surface area contributed by atoms with Crippen LogP contribution in [0.15, 0.2) is 41.4 Å². The number of para-hydroxylation sites is 1. The third-order valence-electron chi connectivity index (χ3n) is 4.53. The normalized spacial score (nSPS) is 11.6. The Labute approximate surface area is 165 Å². The molecule has 8 heteroatoms. The van der Waals surface area contributed by atoms with E-state index in [4.69, 9.17) is 0 Å². The highest BCUT2D eigenvalue weighted by Crippen LogP contribution is 2.30. The summed E-state index contributed by atoms with van der Waals surface area (Å²) in [5.41, 5.74) is 5.11. The van der Waals surface area contributed by atoms with Crippen LogP contribution in [0.1, 0.15) is 42.3 Å². The second kappa shape index (κ2) is 7.63. The van der Waals surface area contributed by atoms with Crippen molar-refractivity contribution in [3.05, 3.63) is 59.0 Å². The molecule has 0 spiro atoms. The number of aryl methyl sites for hydroxylation is 3. The molecule has 7 nitrogen and oxygen atoms in total. The Bertz CT molecular complexity index is 1070. The molecule has 3 N–H and O–H groups in total. The van der Waals surface area contributed by atoms with Gasteiger partial charge in [-0.05, 0) is 49.9 Å². The zero-order valence-electron chi connectivity index (χ0n) is 16.7. The van der Waals surface area contributed by atoms with Crippen molar-refractivity contribution in [1.29, 1.82) is 0 Å². The third kappa shape index (κ3) is 4.01. The number of aromatic nitrogens is 3. The molecule has 0 aliphatic rings. The number of anilines is 3. The van der Waals surface area contributed by atoms with Gasteiger partial charge in [0.15, 0.2) is 0 Å². The lowest BCUT2D eigenvalue weighted by molar-refractivity contribution is 0.600. The maximum atomic E-state index is 12.6. The Balaban J connectivity index is 1.82. The van der Waals surface area contributed by atoms with Gasteiger partial charge in [-0.1, -0.05) is 32.0 Å². The standard InChI is InChI=1S/C20H25N5O2S/c1-12(2)17-8-6-7-13(3)19(17)22-16-9-10-18(21-11-16)25-28(26,27)20-14(4)23-24-15(20)5/h6-12,22H,1-5H3,(H,21,25)(H,23,24). The molecule has 0 unspecified atom stereocenters. The van der Waals surface area contributed by atoms with Crippen molar-refractivity contribution in [2.24, 2.45) is 0 Å². The predicted octanol–water partition coefficient (Wildman–Crippen LogP) is 4.40. The topological polar surface area (TPSA) is 99.8 Å². The van der Waals surface area contributed by atoms with Gasteiger partial charge >= 0.3 is 0 Å². The van der Waals surface area contributed by atoms with Gasteiger partial charge in [0.2, 0.25) is 0 Å². The first kappa shape index (κ1) is 19.9. The van der Waals surface area contributed by atoms with Gasteiger partial charge in [-0.2, -0.15) is 5.10 Å². The summed E-state index contributed by atoms with van der Waals surface area (Å²) in [5.74, 6) is 0.627. The number of nitrogens with zero attached hydrogens (tertiary/aromatic N) is 2. The fraction of sp³-hybridized carbons (Fsp3) is 0.300. The Morgan fingerprint density at radius 1 is 1.07 bits per heavy atom. The summed E-state index contributed by atoms with van der Waals surface area (Å²) in [4.78, 5) is 4.40. The maximum absolute atomic E-state index is 12.6. The maximum Gasteiger partial charge on any atom is 0.266 e. The van der Waals surface area contributed by atoms with Gasteiger partial charge in [-0.25, -0.2) is 13.4 Å². The predicted molar refractivity (Wildman–Crippen MR) is 112 cm³/mol. The van der Waals surface area contributed by atoms with Gasteiger partial charge in [-0.15, -0.1) is 0 Å². The second-order valence-electron chi connectivity index (χ2n) is 7.12. The van der Waals surface area contributed by atoms with Crippen LogP contribution in [-0.4, -0.2) is 23.6 Å². The molecule has 2 heterocycles. The van der Waals surface area contributed by atoms with Gasteiger partial charge in [0.1, 0.15) is 10.7 Å². The fourth-order valence-electron chi connectivity index (χ4n) is 3.14. The van der Waals surface area contributed by atoms with Crippen LogP contribution >= 0.6 is 0 Å². The molecule has 0 fully saturated rings. The van der Waals surface area contributed by atoms with Crippen LogP contribution in [0.3, 0.4) is 0 Å². The molecule has 2 aromatic heterocycles. The highest BCUT2D eigenvalue weighted by Gasteiger charge is 2.22. The largest absolute Gasteiger partial charge is 0.354 e. The summed E-state index contributed by atoms with van der Waals surface area (Å²) in [6.07, 6.45) is 1.61. The van der Waals surface area contributed by atoms with Crippen LogP contribution in [0, 0.1) is 20.8 Å². The van der Waals surface area contributed by atoms with Crippen LogP contribution in [-0.2, 0) is 10.0 Å². The minimum Gasteiger partial charge on any atom is -0.354 e. The van der Waals surface area contributed by atoms with Gasteiger partial charge in [0.25, 0.3) is 10.0 Å². The van der Waals surface area contributed by atoms with Crippen molar-refractivity contribution in [3.8, 4) is 0 Å². The van der Waals surface area contributed by atoms with Gasteiger partial charge in [0, 0.05) is 5.69 Å². The average Bonchev–Trinajstić information content (AvgIpc) is 2.97. The number of H-pyrrole nitrogens is 1. The lowest BCUT2D eigenvalue weighted by atomic mass is 9.98. The number of nitrogens with one attached hydrogen (secondary N) is 3. The van der Waals surface area contributed by atoms with E-state index in [0.717, 1.165) is 16.9 Å². The lowest BCUT2D eigenvalue weighted by Gasteiger charge is -2.17. The van der Waals surface area contributed by atoms with E-state index in [1.54, 1.807) is 32.2 Å². The average molecular weight is 400 g/mol. The molecule has 1 aromatic carbocycles. The molecule has 0 aliphatic carbocycles. The molecule has 0 saturated carbocycles. The minimum absolute atomic E-state index is 0.151. The molecule has 28 heavy (non-hydrogen) atoms. The molecule has 0 radical (unpaired) electrons. The molecule has 0 saturated heterocycles. The van der Waals surface area contributed by atoms with E-state index in [9.17, 15) is 8.42 Å². The van der Waals surface area contributed by atoms with E-state index in [1.165, 1.54) is 5.56 Å². The van der Waals surface area contributed by atoms with E-state index in [2.05, 4.69) is 58.1 Å². The fourth-order valence-corrected chi connectivity index (χ4v) is 4.52. The SMILES string of the molecule is Cc1cccc(C(C)C)c1Nc1ccc(NS(=O)(=O)c2c(C)n[nH]c2C)nc1. The summed E-state index contributed by atoms with van der Waals surface area (Å²) in [5, 5.41) is 10.0. The first-order valence-electron chi connectivity index (χ1n) is 9.06. The Morgan fingerprint density at radius 3 is 2.39 bits per heavy atom. The van der Waals surface area contributed by atoms with Crippen molar-refractivity contribution in [1.82, 2.24) is 15.2 Å². The number of pyridine rings is 1. The van der Waals surface area contributed by atoms with Crippen molar-refractivity contribution in [3.63, 3.8) is 0 Å². The molecule has 0 atom stereocenters. The van der Waals surface area contributed by atoms with Crippen molar-refractivity contribution >= 4 is 27.2 Å². The highest BCUT2D eigenvalue weighted by atomic mass is 32.2. The van der Waals surface area contributed by atoms with Crippen molar-refractivity contribution < 1.29 is 8.42 Å². The van der Waals surface area contributed by atoms with E-state index in [-0.39, 0.29) is 10.7 Å². The smallest absolute Gasteiger partial charge is 0.266 e. The zero-order valence-corrected chi connectivity index (χ0v) is 17.5. The van der Waals surface area contributed by atoms with Crippen LogP contribution in [0.25, 0.3) is 0 Å². The molecule has 0 aliphatic heterocycles. The van der Waals surface area contributed by atoms with Gasteiger partial charge in [0.05, 0.1) is 23.3 Å². The van der Waals surface area contributed by atoms with Crippen LogP contribution in [0.5, 0.6) is 0 Å². The van der Waals surface area contributed by atoms with Crippen LogP contribution in [0.2, 0.25) is 0 Å². The van der Waals surface area contributed by atoms with Crippen LogP contribution in [0.4, 0.5) is 17.2 Å². The molecule has 0 amide bonds. The number of benzene rings is 1. The van der Waals surface area contributed by atoms with Gasteiger partial charge in [-0.3, -0.25) is 9.82 Å². The summed E-state index contributed by atoms with van der Waals surface area (Å²) in [6.45, 7) is 9.67. The summed E-state index contributed by atoms with van der Waals surface area (Å²) >= 11 is 0. The first-order valence-corrected chi connectivity index (χ1v) is 10.5. The number of hydrogen-bond donors (Lipinski definition) is 3. The molecule has 0 bridgehead atoms. The second-order valence-corrected chi connectivity index (χ2v) is 8.74. The zero-order chi connectivity index (χ0) is 20.5. The van der Waals surface area contributed by atoms with E-state index in [1.807, 2.05) is 6.07 Å². The Kier molecular flexibility index (Phi) is 5.42. The van der Waals surface area contributed by atoms with Gasteiger partial charge < -0.3 is 5.32 Å². The van der Waals surface area contributed by atoms with Crippen LogP contribution < -0.4 is 10.0 Å². The number of hydrogen-bond acceptors (Lipinski definition) is 5. The molecular weight excluding hydrogens is 374 g/mol. The molecule has 3 rings (SSSR count). The number of aromatic amines is 1. The summed E-state index contributed by atoms with van der Waals surface area (Å²) in [6, 6.07) is 9.64. The molecule has 3 aromatic rings. The quantitative estimate of drug-likeness (QED) is 0.570. The van der Waals surface area contributed by atoms with Crippen molar-refractivity contribution in [2.75, 3.05) is 10.0 Å². The molecule has 148 valence electrons. The van der Waals surface area contributed by atoms with E-state index in [0.29, 0.717) is 17.3 Å². The number of sulfonamides is 1. The van der Waals surface area contributed by atoms with Crippen molar-refractivity contribution in [2.45, 2.75) is 45.4 Å². The minimum atomic E-state index is -3.75.